The predicted octanol–water partition coefficient (Wildman–Crippen LogP) is 1.27. The van der Waals surface area contributed by atoms with Crippen molar-refractivity contribution in [2.45, 2.75) is 19.3 Å². The molecule has 1 N–H and O–H groups in total. The number of ether oxygens (including phenoxy) is 1. The minimum absolute atomic E-state index is 0.0313. The molecular formula is C19H25N3O3. The summed E-state index contributed by atoms with van der Waals surface area (Å²) in [6.45, 7) is 5.24. The van der Waals surface area contributed by atoms with E-state index in [1.165, 1.54) is 0 Å². The van der Waals surface area contributed by atoms with Crippen molar-refractivity contribution >= 4 is 17.5 Å². The Hall–Kier alpha value is -2.08. The van der Waals surface area contributed by atoms with Crippen LogP contribution in [0.15, 0.2) is 24.3 Å². The number of nitrogens with zero attached hydrogens (tertiary/aromatic N) is 2. The van der Waals surface area contributed by atoms with E-state index in [-0.39, 0.29) is 17.2 Å². The van der Waals surface area contributed by atoms with E-state index < -0.39 is 0 Å². The first-order valence-electron chi connectivity index (χ1n) is 9.18. The number of piperidine rings is 1. The Labute approximate surface area is 148 Å². The number of hydrogen-bond acceptors (Lipinski definition) is 4. The molecule has 1 atom stereocenters. The molecule has 4 rings (SSSR count). The van der Waals surface area contributed by atoms with E-state index in [9.17, 15) is 9.59 Å². The van der Waals surface area contributed by atoms with Crippen molar-refractivity contribution in [3.8, 4) is 0 Å². The smallest absolute Gasteiger partial charge is 0.253 e. The Morgan fingerprint density at radius 2 is 1.84 bits per heavy atom. The summed E-state index contributed by atoms with van der Waals surface area (Å²) in [5.74, 6) is 0.153. The van der Waals surface area contributed by atoms with Gasteiger partial charge in [-0.15, -0.1) is 0 Å². The Kier molecular flexibility index (Phi) is 4.37. The number of benzene rings is 1. The lowest BCUT2D eigenvalue weighted by atomic mass is 9.79. The van der Waals surface area contributed by atoms with Crippen molar-refractivity contribution < 1.29 is 14.3 Å². The molecule has 25 heavy (non-hydrogen) atoms. The highest BCUT2D eigenvalue weighted by Gasteiger charge is 2.46. The molecule has 6 heteroatoms. The van der Waals surface area contributed by atoms with Gasteiger partial charge < -0.3 is 19.9 Å². The van der Waals surface area contributed by atoms with Gasteiger partial charge in [0.2, 0.25) is 5.91 Å². The molecule has 3 heterocycles. The standard InChI is InChI=1S/C19H25N3O3/c23-17(22-9-7-19(14-22)6-1-8-20-18(19)24)15-2-4-16(5-3-15)21-10-12-25-13-11-21/h2-5H,1,6-14H2,(H,20,24)/t19-/m0/s1. The number of carbonyl (C=O) groups excluding carboxylic acids is 2. The number of rotatable bonds is 2. The predicted molar refractivity (Wildman–Crippen MR) is 94.7 cm³/mol. The van der Waals surface area contributed by atoms with Gasteiger partial charge in [-0.05, 0) is 43.5 Å². The monoisotopic (exact) mass is 343 g/mol. The number of anilines is 1. The molecule has 3 aliphatic rings. The first-order chi connectivity index (χ1) is 12.2. The molecular weight excluding hydrogens is 318 g/mol. The van der Waals surface area contributed by atoms with Crippen LogP contribution in [0.1, 0.15) is 29.6 Å². The Morgan fingerprint density at radius 1 is 1.08 bits per heavy atom. The number of nitrogens with one attached hydrogen (secondary N) is 1. The normalized spacial score (nSPS) is 26.8. The first kappa shape index (κ1) is 16.4. The number of carbonyl (C=O) groups is 2. The van der Waals surface area contributed by atoms with Gasteiger partial charge in [0, 0.05) is 44.0 Å². The van der Waals surface area contributed by atoms with E-state index in [2.05, 4.69) is 10.2 Å². The zero-order valence-corrected chi connectivity index (χ0v) is 14.5. The van der Waals surface area contributed by atoms with Crippen molar-refractivity contribution in [2.75, 3.05) is 50.8 Å². The highest BCUT2D eigenvalue weighted by molar-refractivity contribution is 5.95. The van der Waals surface area contributed by atoms with Crippen LogP contribution in [-0.4, -0.2) is 62.7 Å². The van der Waals surface area contributed by atoms with Crippen LogP contribution >= 0.6 is 0 Å². The molecule has 1 aromatic rings. The molecule has 6 nitrogen and oxygen atoms in total. The maximum atomic E-state index is 12.8. The summed E-state index contributed by atoms with van der Waals surface area (Å²) >= 11 is 0. The highest BCUT2D eigenvalue weighted by atomic mass is 16.5. The molecule has 3 aliphatic heterocycles. The molecule has 0 saturated carbocycles. The van der Waals surface area contributed by atoms with Crippen molar-refractivity contribution in [3.05, 3.63) is 29.8 Å². The molecule has 0 unspecified atom stereocenters. The molecule has 0 aromatic heterocycles. The average Bonchev–Trinajstić information content (AvgIpc) is 3.10. The summed E-state index contributed by atoms with van der Waals surface area (Å²) in [6, 6.07) is 7.83. The maximum absolute atomic E-state index is 12.8. The van der Waals surface area contributed by atoms with Crippen LogP contribution in [-0.2, 0) is 9.53 Å². The lowest BCUT2D eigenvalue weighted by molar-refractivity contribution is -0.132. The molecule has 0 radical (unpaired) electrons. The van der Waals surface area contributed by atoms with E-state index in [4.69, 9.17) is 4.74 Å². The SMILES string of the molecule is O=C(c1ccc(N2CCOCC2)cc1)N1CC[C@@]2(CCCNC2=O)C1. The molecule has 0 aliphatic carbocycles. The van der Waals surface area contributed by atoms with Gasteiger partial charge in [0.25, 0.3) is 5.91 Å². The summed E-state index contributed by atoms with van der Waals surface area (Å²) in [6.07, 6.45) is 2.66. The minimum atomic E-state index is -0.359. The van der Waals surface area contributed by atoms with Gasteiger partial charge in [-0.1, -0.05) is 0 Å². The Morgan fingerprint density at radius 3 is 2.56 bits per heavy atom. The fourth-order valence-corrected chi connectivity index (χ4v) is 4.18. The maximum Gasteiger partial charge on any atom is 0.253 e. The summed E-state index contributed by atoms with van der Waals surface area (Å²) < 4.78 is 5.38. The van der Waals surface area contributed by atoms with Crippen LogP contribution in [0.4, 0.5) is 5.69 Å². The molecule has 0 bridgehead atoms. The van der Waals surface area contributed by atoms with Gasteiger partial charge in [-0.2, -0.15) is 0 Å². The topological polar surface area (TPSA) is 61.9 Å². The van der Waals surface area contributed by atoms with Crippen LogP contribution in [0.25, 0.3) is 0 Å². The van der Waals surface area contributed by atoms with Gasteiger partial charge in [-0.3, -0.25) is 9.59 Å². The average molecular weight is 343 g/mol. The quantitative estimate of drug-likeness (QED) is 0.878. The summed E-state index contributed by atoms with van der Waals surface area (Å²) in [7, 11) is 0. The van der Waals surface area contributed by atoms with Crippen LogP contribution < -0.4 is 10.2 Å². The van der Waals surface area contributed by atoms with Crippen LogP contribution in [0.3, 0.4) is 0 Å². The third-order valence-corrected chi connectivity index (χ3v) is 5.73. The van der Waals surface area contributed by atoms with Gasteiger partial charge >= 0.3 is 0 Å². The summed E-state index contributed by atoms with van der Waals surface area (Å²) in [4.78, 5) is 29.2. The van der Waals surface area contributed by atoms with Crippen molar-refractivity contribution in [3.63, 3.8) is 0 Å². The minimum Gasteiger partial charge on any atom is -0.378 e. The Bertz CT molecular complexity index is 654. The van der Waals surface area contributed by atoms with E-state index in [1.807, 2.05) is 29.2 Å². The second kappa shape index (κ2) is 6.67. The number of amides is 2. The zero-order valence-electron chi connectivity index (χ0n) is 14.5. The fourth-order valence-electron chi connectivity index (χ4n) is 4.18. The molecule has 3 fully saturated rings. The largest absolute Gasteiger partial charge is 0.378 e. The highest BCUT2D eigenvalue weighted by Crippen LogP contribution is 2.37. The van der Waals surface area contributed by atoms with E-state index in [0.717, 1.165) is 57.8 Å². The van der Waals surface area contributed by atoms with Gasteiger partial charge in [0.05, 0.1) is 18.6 Å². The molecule has 1 aromatic carbocycles. The van der Waals surface area contributed by atoms with Gasteiger partial charge in [0.1, 0.15) is 0 Å². The van der Waals surface area contributed by atoms with E-state index in [0.29, 0.717) is 18.7 Å². The number of morpholine rings is 1. The van der Waals surface area contributed by atoms with Gasteiger partial charge in [-0.25, -0.2) is 0 Å². The van der Waals surface area contributed by atoms with E-state index >= 15 is 0 Å². The molecule has 134 valence electrons. The second-order valence-electron chi connectivity index (χ2n) is 7.26. The molecule has 2 amide bonds. The lowest BCUT2D eigenvalue weighted by Gasteiger charge is -2.32. The number of likely N-dealkylation sites (tertiary alicyclic amines) is 1. The van der Waals surface area contributed by atoms with Crippen LogP contribution in [0.5, 0.6) is 0 Å². The van der Waals surface area contributed by atoms with Gasteiger partial charge in [0.15, 0.2) is 0 Å². The third kappa shape index (κ3) is 3.11. The second-order valence-corrected chi connectivity index (χ2v) is 7.26. The van der Waals surface area contributed by atoms with Crippen molar-refractivity contribution in [2.24, 2.45) is 5.41 Å². The third-order valence-electron chi connectivity index (χ3n) is 5.73. The molecule has 1 spiro atoms. The summed E-state index contributed by atoms with van der Waals surface area (Å²) in [5, 5.41) is 2.97. The van der Waals surface area contributed by atoms with Crippen LogP contribution in [0.2, 0.25) is 0 Å². The number of hydrogen-bond donors (Lipinski definition) is 1. The fraction of sp³-hybridized carbons (Fsp3) is 0.579. The van der Waals surface area contributed by atoms with Crippen molar-refractivity contribution in [1.29, 1.82) is 0 Å². The Balaban J connectivity index is 1.43. The van der Waals surface area contributed by atoms with Crippen LogP contribution in [0, 0.1) is 5.41 Å². The zero-order chi connectivity index (χ0) is 17.3. The summed E-state index contributed by atoms with van der Waals surface area (Å²) in [5.41, 5.74) is 1.47. The first-order valence-corrected chi connectivity index (χ1v) is 9.18. The lowest BCUT2D eigenvalue weighted by Crippen LogP contribution is -2.47. The molecule has 3 saturated heterocycles. The van der Waals surface area contributed by atoms with Crippen molar-refractivity contribution in [1.82, 2.24) is 10.2 Å². The van der Waals surface area contributed by atoms with E-state index in [1.54, 1.807) is 0 Å².